The number of amides is 2. The van der Waals surface area contributed by atoms with Crippen LogP contribution in [0.15, 0.2) is 30.3 Å². The lowest BCUT2D eigenvalue weighted by atomic mass is 10.1. The van der Waals surface area contributed by atoms with Gasteiger partial charge < -0.3 is 16.4 Å². The molecule has 0 heterocycles. The van der Waals surface area contributed by atoms with Crippen LogP contribution in [0.2, 0.25) is 0 Å². The highest BCUT2D eigenvalue weighted by molar-refractivity contribution is 7.98. The van der Waals surface area contributed by atoms with E-state index in [-0.39, 0.29) is 36.7 Å². The highest BCUT2D eigenvalue weighted by Gasteiger charge is 2.29. The van der Waals surface area contributed by atoms with Crippen molar-refractivity contribution in [1.82, 2.24) is 10.6 Å². The van der Waals surface area contributed by atoms with Crippen LogP contribution in [-0.2, 0) is 16.0 Å². The Bertz CT molecular complexity index is 540. The van der Waals surface area contributed by atoms with E-state index in [4.69, 9.17) is 5.73 Å². The van der Waals surface area contributed by atoms with Crippen LogP contribution < -0.4 is 16.4 Å². The molecule has 2 rings (SSSR count). The van der Waals surface area contributed by atoms with E-state index in [9.17, 15) is 9.59 Å². The summed E-state index contributed by atoms with van der Waals surface area (Å²) in [7, 11) is 0. The molecule has 0 radical (unpaired) electrons. The van der Waals surface area contributed by atoms with E-state index < -0.39 is 6.04 Å². The Kier molecular flexibility index (Phi) is 9.93. The van der Waals surface area contributed by atoms with E-state index in [1.54, 1.807) is 11.8 Å². The van der Waals surface area contributed by atoms with Crippen LogP contribution in [0.1, 0.15) is 24.8 Å². The van der Waals surface area contributed by atoms with Gasteiger partial charge in [0.15, 0.2) is 0 Å². The summed E-state index contributed by atoms with van der Waals surface area (Å²) in [6, 6.07) is 9.06. The number of thioether (sulfide) groups is 1. The highest BCUT2D eigenvalue weighted by Crippen LogP contribution is 2.31. The van der Waals surface area contributed by atoms with Crippen molar-refractivity contribution in [1.29, 1.82) is 0 Å². The fourth-order valence-corrected chi connectivity index (χ4v) is 3.04. The Hall–Kier alpha value is -1.24. The predicted molar refractivity (Wildman–Crippen MR) is 106 cm³/mol. The minimum atomic E-state index is -0.500. The second kappa shape index (κ2) is 11.4. The second-order valence-corrected chi connectivity index (χ2v) is 7.30. The van der Waals surface area contributed by atoms with Crippen molar-refractivity contribution in [3.8, 4) is 0 Å². The van der Waals surface area contributed by atoms with Crippen molar-refractivity contribution in [3.63, 3.8) is 0 Å². The number of nitrogens with one attached hydrogen (secondary N) is 2. The summed E-state index contributed by atoms with van der Waals surface area (Å²) >= 11 is 1.66. The molecular weight excluding hydrogens is 358 g/mol. The number of benzene rings is 1. The molecule has 1 aromatic rings. The normalized spacial score (nSPS) is 15.6. The number of halogens is 1. The molecule has 7 heteroatoms. The first-order chi connectivity index (χ1) is 11.6. The molecule has 2 atom stereocenters. The topological polar surface area (TPSA) is 84.2 Å². The lowest BCUT2D eigenvalue weighted by molar-refractivity contribution is -0.128. The van der Waals surface area contributed by atoms with Gasteiger partial charge in [0.25, 0.3) is 0 Å². The zero-order valence-electron chi connectivity index (χ0n) is 14.6. The van der Waals surface area contributed by atoms with Gasteiger partial charge in [-0.25, -0.2) is 0 Å². The maximum absolute atomic E-state index is 12.4. The average molecular weight is 386 g/mol. The van der Waals surface area contributed by atoms with E-state index in [1.807, 2.05) is 36.6 Å². The molecule has 1 aromatic carbocycles. The fourth-order valence-electron chi connectivity index (χ4n) is 2.56. The minimum Gasteiger partial charge on any atom is -0.353 e. The number of carbonyl (C=O) groups excluding carboxylic acids is 2. The molecule has 1 saturated carbocycles. The number of carbonyl (C=O) groups is 2. The summed E-state index contributed by atoms with van der Waals surface area (Å²) in [6.45, 7) is 0.480. The van der Waals surface area contributed by atoms with Gasteiger partial charge in [-0.15, -0.1) is 12.4 Å². The van der Waals surface area contributed by atoms with E-state index >= 15 is 0 Å². The summed E-state index contributed by atoms with van der Waals surface area (Å²) in [5.41, 5.74) is 6.96. The third-order valence-electron chi connectivity index (χ3n) is 4.21. The molecule has 0 bridgehead atoms. The van der Waals surface area contributed by atoms with Crippen LogP contribution in [0.4, 0.5) is 0 Å². The maximum atomic E-state index is 12.4. The SMILES string of the molecule is CSCCC(NC(=O)Cc1ccccc1)C(=O)NCC(N)C1CC1.Cl. The van der Waals surface area contributed by atoms with Crippen molar-refractivity contribution in [3.05, 3.63) is 35.9 Å². The van der Waals surface area contributed by atoms with Gasteiger partial charge in [0.1, 0.15) is 6.04 Å². The summed E-state index contributed by atoms with van der Waals surface area (Å²) < 4.78 is 0. The average Bonchev–Trinajstić information content (AvgIpc) is 3.42. The van der Waals surface area contributed by atoms with Crippen LogP contribution in [0.3, 0.4) is 0 Å². The molecule has 1 aliphatic rings. The third-order valence-corrected chi connectivity index (χ3v) is 4.85. The van der Waals surface area contributed by atoms with Crippen molar-refractivity contribution < 1.29 is 9.59 Å². The Morgan fingerprint density at radius 3 is 2.56 bits per heavy atom. The molecule has 1 fully saturated rings. The Morgan fingerprint density at radius 1 is 1.28 bits per heavy atom. The van der Waals surface area contributed by atoms with E-state index in [2.05, 4.69) is 10.6 Å². The van der Waals surface area contributed by atoms with Gasteiger partial charge in [0.05, 0.1) is 6.42 Å². The molecule has 25 heavy (non-hydrogen) atoms. The Labute approximate surface area is 160 Å². The first-order valence-electron chi connectivity index (χ1n) is 8.45. The lowest BCUT2D eigenvalue weighted by Gasteiger charge is -2.20. The summed E-state index contributed by atoms with van der Waals surface area (Å²) in [5, 5.41) is 5.76. The first kappa shape index (κ1) is 21.8. The molecule has 4 N–H and O–H groups in total. The molecule has 0 saturated heterocycles. The maximum Gasteiger partial charge on any atom is 0.242 e. The largest absolute Gasteiger partial charge is 0.353 e. The lowest BCUT2D eigenvalue weighted by Crippen LogP contribution is -2.50. The van der Waals surface area contributed by atoms with Crippen LogP contribution in [0, 0.1) is 5.92 Å². The van der Waals surface area contributed by atoms with Gasteiger partial charge >= 0.3 is 0 Å². The zero-order chi connectivity index (χ0) is 17.4. The van der Waals surface area contributed by atoms with E-state index in [1.165, 1.54) is 0 Å². The second-order valence-electron chi connectivity index (χ2n) is 6.31. The summed E-state index contributed by atoms with van der Waals surface area (Å²) in [4.78, 5) is 24.6. The molecule has 0 aromatic heterocycles. The van der Waals surface area contributed by atoms with Crippen LogP contribution in [0.25, 0.3) is 0 Å². The van der Waals surface area contributed by atoms with Crippen molar-refractivity contribution >= 4 is 36.0 Å². The van der Waals surface area contributed by atoms with Gasteiger partial charge in [-0.3, -0.25) is 9.59 Å². The van der Waals surface area contributed by atoms with Gasteiger partial charge in [-0.1, -0.05) is 30.3 Å². The van der Waals surface area contributed by atoms with Gasteiger partial charge in [0.2, 0.25) is 11.8 Å². The van der Waals surface area contributed by atoms with Gasteiger partial charge in [-0.2, -0.15) is 11.8 Å². The van der Waals surface area contributed by atoms with E-state index in [0.29, 0.717) is 18.9 Å². The van der Waals surface area contributed by atoms with Crippen LogP contribution >= 0.6 is 24.2 Å². The molecule has 2 amide bonds. The standard InChI is InChI=1S/C18H27N3O2S.ClH/c1-24-10-9-16(18(23)20-12-15(19)14-7-8-14)21-17(22)11-13-5-3-2-4-6-13;/h2-6,14-16H,7-12,19H2,1H3,(H,20,23)(H,21,22);1H. The number of nitrogens with two attached hydrogens (primary N) is 1. The summed E-state index contributed by atoms with van der Waals surface area (Å²) in [5.74, 6) is 1.09. The van der Waals surface area contributed by atoms with E-state index in [0.717, 1.165) is 24.2 Å². The first-order valence-corrected chi connectivity index (χ1v) is 9.85. The van der Waals surface area contributed by atoms with Gasteiger partial charge in [-0.05, 0) is 42.8 Å². The van der Waals surface area contributed by atoms with Gasteiger partial charge in [0, 0.05) is 12.6 Å². The zero-order valence-corrected chi connectivity index (χ0v) is 16.2. The molecular formula is C18H28ClN3O2S. The molecule has 0 spiro atoms. The molecule has 0 aliphatic heterocycles. The number of hydrogen-bond donors (Lipinski definition) is 3. The quantitative estimate of drug-likeness (QED) is 0.572. The molecule has 140 valence electrons. The monoisotopic (exact) mass is 385 g/mol. The smallest absolute Gasteiger partial charge is 0.242 e. The van der Waals surface area contributed by atoms with Crippen molar-refractivity contribution in [2.75, 3.05) is 18.6 Å². The number of rotatable bonds is 10. The predicted octanol–water partition coefficient (Wildman–Crippen LogP) is 1.74. The Balaban J connectivity index is 0.00000312. The van der Waals surface area contributed by atoms with Crippen molar-refractivity contribution in [2.45, 2.75) is 37.8 Å². The Morgan fingerprint density at radius 2 is 1.96 bits per heavy atom. The fraction of sp³-hybridized carbons (Fsp3) is 0.556. The molecule has 5 nitrogen and oxygen atoms in total. The molecule has 1 aliphatic carbocycles. The summed E-state index contributed by atoms with van der Waals surface area (Å²) in [6.07, 6.45) is 5.20. The highest BCUT2D eigenvalue weighted by atomic mass is 35.5. The van der Waals surface area contributed by atoms with Crippen molar-refractivity contribution in [2.24, 2.45) is 11.7 Å². The minimum absolute atomic E-state index is 0. The third kappa shape index (κ3) is 8.12. The molecule has 2 unspecified atom stereocenters. The van der Waals surface area contributed by atoms with Crippen LogP contribution in [0.5, 0.6) is 0 Å². The van der Waals surface area contributed by atoms with Crippen LogP contribution in [-0.4, -0.2) is 42.5 Å². The number of hydrogen-bond acceptors (Lipinski definition) is 4.